The average Bonchev–Trinajstić information content (AvgIpc) is 2.77. The predicted molar refractivity (Wildman–Crippen MR) is 97.8 cm³/mol. The van der Waals surface area contributed by atoms with Crippen LogP contribution in [0, 0.1) is 13.8 Å². The SMILES string of the molecule is C=CCN1C(=O)C(O)(CC(=O)c2ccc(C)cc2C)c2ccccc21. The summed E-state index contributed by atoms with van der Waals surface area (Å²) in [6.45, 7) is 7.77. The van der Waals surface area contributed by atoms with Crippen LogP contribution in [0.3, 0.4) is 0 Å². The normalized spacial score (nSPS) is 19.0. The summed E-state index contributed by atoms with van der Waals surface area (Å²) >= 11 is 0. The van der Waals surface area contributed by atoms with Crippen molar-refractivity contribution in [3.63, 3.8) is 0 Å². The molecule has 1 aliphatic rings. The molecule has 1 N–H and O–H groups in total. The monoisotopic (exact) mass is 335 g/mol. The number of rotatable bonds is 5. The topological polar surface area (TPSA) is 57.6 Å². The molecule has 0 spiro atoms. The first-order valence-corrected chi connectivity index (χ1v) is 8.23. The van der Waals surface area contributed by atoms with E-state index in [4.69, 9.17) is 0 Å². The number of anilines is 1. The van der Waals surface area contributed by atoms with Crippen LogP contribution in [0.4, 0.5) is 5.69 Å². The molecule has 25 heavy (non-hydrogen) atoms. The summed E-state index contributed by atoms with van der Waals surface area (Å²) in [5.41, 5.74) is 1.70. The molecule has 4 nitrogen and oxygen atoms in total. The Kier molecular flexibility index (Phi) is 4.31. The Morgan fingerprint density at radius 3 is 2.64 bits per heavy atom. The minimum absolute atomic E-state index is 0.247. The zero-order chi connectivity index (χ0) is 18.2. The van der Waals surface area contributed by atoms with Gasteiger partial charge < -0.3 is 10.0 Å². The number of aliphatic hydroxyl groups is 1. The van der Waals surface area contributed by atoms with Gasteiger partial charge in [-0.3, -0.25) is 9.59 Å². The minimum atomic E-state index is -1.84. The van der Waals surface area contributed by atoms with Crippen molar-refractivity contribution in [3.8, 4) is 0 Å². The van der Waals surface area contributed by atoms with Crippen molar-refractivity contribution < 1.29 is 14.7 Å². The lowest BCUT2D eigenvalue weighted by molar-refractivity contribution is -0.135. The molecule has 1 heterocycles. The number of carbonyl (C=O) groups excluding carboxylic acids is 2. The predicted octanol–water partition coefficient (Wildman–Crippen LogP) is 3.30. The Hall–Kier alpha value is -2.72. The van der Waals surface area contributed by atoms with Gasteiger partial charge in [-0.15, -0.1) is 6.58 Å². The number of benzene rings is 2. The molecule has 1 amide bonds. The number of hydrogen-bond donors (Lipinski definition) is 1. The summed E-state index contributed by atoms with van der Waals surface area (Å²) in [5, 5.41) is 11.1. The minimum Gasteiger partial charge on any atom is -0.375 e. The first kappa shape index (κ1) is 17.1. The highest BCUT2D eigenvalue weighted by Gasteiger charge is 2.50. The number of ketones is 1. The molecule has 1 aliphatic heterocycles. The van der Waals surface area contributed by atoms with Crippen LogP contribution >= 0.6 is 0 Å². The summed E-state index contributed by atoms with van der Waals surface area (Å²) in [6, 6.07) is 12.6. The summed E-state index contributed by atoms with van der Waals surface area (Å²) in [4.78, 5) is 27.1. The third-order valence-electron chi connectivity index (χ3n) is 4.65. The van der Waals surface area contributed by atoms with E-state index in [-0.39, 0.29) is 18.7 Å². The maximum Gasteiger partial charge on any atom is 0.264 e. The van der Waals surface area contributed by atoms with Crippen molar-refractivity contribution in [1.29, 1.82) is 0 Å². The van der Waals surface area contributed by atoms with Crippen LogP contribution < -0.4 is 4.90 Å². The Bertz CT molecular complexity index is 871. The number of aryl methyl sites for hydroxylation is 2. The van der Waals surface area contributed by atoms with Crippen LogP contribution in [0.15, 0.2) is 55.1 Å². The van der Waals surface area contributed by atoms with Crippen molar-refractivity contribution >= 4 is 17.4 Å². The van der Waals surface area contributed by atoms with E-state index in [2.05, 4.69) is 6.58 Å². The second-order valence-electron chi connectivity index (χ2n) is 6.50. The molecule has 0 aromatic heterocycles. The first-order chi connectivity index (χ1) is 11.9. The van der Waals surface area contributed by atoms with Crippen LogP contribution in [0.5, 0.6) is 0 Å². The van der Waals surface area contributed by atoms with E-state index < -0.39 is 11.5 Å². The largest absolute Gasteiger partial charge is 0.375 e. The van der Waals surface area contributed by atoms with E-state index >= 15 is 0 Å². The standard InChI is InChI=1S/C21H21NO3/c1-4-11-22-18-8-6-5-7-17(18)21(25,20(22)24)13-19(23)16-10-9-14(2)12-15(16)3/h4-10,12,25H,1,11,13H2,2-3H3. The molecule has 1 atom stereocenters. The Labute approximate surface area is 147 Å². The van der Waals surface area contributed by atoms with Crippen molar-refractivity contribution in [1.82, 2.24) is 0 Å². The number of fused-ring (bicyclic) bond motifs is 1. The molecule has 0 aliphatic carbocycles. The Balaban J connectivity index is 1.99. The van der Waals surface area contributed by atoms with E-state index in [0.717, 1.165) is 11.1 Å². The van der Waals surface area contributed by atoms with E-state index in [1.807, 2.05) is 26.0 Å². The highest BCUT2D eigenvalue weighted by molar-refractivity contribution is 6.11. The Morgan fingerprint density at radius 2 is 1.96 bits per heavy atom. The van der Waals surface area contributed by atoms with Crippen molar-refractivity contribution in [2.45, 2.75) is 25.9 Å². The van der Waals surface area contributed by atoms with Gasteiger partial charge in [-0.1, -0.05) is 48.0 Å². The molecule has 0 saturated heterocycles. The van der Waals surface area contributed by atoms with Gasteiger partial charge in [0.05, 0.1) is 12.1 Å². The molecule has 4 heteroatoms. The fraction of sp³-hybridized carbons (Fsp3) is 0.238. The molecule has 0 bridgehead atoms. The van der Waals surface area contributed by atoms with Crippen LogP contribution in [-0.2, 0) is 10.4 Å². The Morgan fingerprint density at radius 1 is 1.24 bits per heavy atom. The number of nitrogens with zero attached hydrogens (tertiary/aromatic N) is 1. The zero-order valence-corrected chi connectivity index (χ0v) is 14.5. The third-order valence-corrected chi connectivity index (χ3v) is 4.65. The van der Waals surface area contributed by atoms with Gasteiger partial charge >= 0.3 is 0 Å². The van der Waals surface area contributed by atoms with Gasteiger partial charge in [-0.25, -0.2) is 0 Å². The molecule has 0 fully saturated rings. The fourth-order valence-electron chi connectivity index (χ4n) is 3.44. The molecule has 3 rings (SSSR count). The van der Waals surface area contributed by atoms with Crippen LogP contribution in [-0.4, -0.2) is 23.3 Å². The smallest absolute Gasteiger partial charge is 0.264 e. The molecule has 0 radical (unpaired) electrons. The van der Waals surface area contributed by atoms with Gasteiger partial charge in [0.25, 0.3) is 5.91 Å². The summed E-state index contributed by atoms with van der Waals surface area (Å²) in [5.74, 6) is -0.727. The van der Waals surface area contributed by atoms with Gasteiger partial charge in [0.1, 0.15) is 0 Å². The quantitative estimate of drug-likeness (QED) is 0.674. The van der Waals surface area contributed by atoms with Gasteiger partial charge in [0, 0.05) is 17.7 Å². The van der Waals surface area contributed by atoms with Crippen LogP contribution in [0.1, 0.15) is 33.5 Å². The summed E-state index contributed by atoms with van der Waals surface area (Å²) < 4.78 is 0. The molecule has 2 aromatic carbocycles. The maximum atomic E-state index is 12.9. The number of amides is 1. The maximum absolute atomic E-state index is 12.9. The summed E-state index contributed by atoms with van der Waals surface area (Å²) in [7, 11) is 0. The zero-order valence-electron chi connectivity index (χ0n) is 14.5. The second kappa shape index (κ2) is 6.30. The molecular weight excluding hydrogens is 314 g/mol. The third kappa shape index (κ3) is 2.79. The first-order valence-electron chi connectivity index (χ1n) is 8.23. The van der Waals surface area contributed by atoms with Gasteiger partial charge in [0.2, 0.25) is 0 Å². The second-order valence-corrected chi connectivity index (χ2v) is 6.50. The lowest BCUT2D eigenvalue weighted by atomic mass is 9.87. The lowest BCUT2D eigenvalue weighted by Gasteiger charge is -2.22. The molecular formula is C21H21NO3. The van der Waals surface area contributed by atoms with E-state index in [1.165, 1.54) is 4.90 Å². The van der Waals surface area contributed by atoms with Gasteiger partial charge in [-0.2, -0.15) is 0 Å². The van der Waals surface area contributed by atoms with Crippen molar-refractivity contribution in [2.24, 2.45) is 0 Å². The molecule has 128 valence electrons. The molecule has 1 unspecified atom stereocenters. The van der Waals surface area contributed by atoms with E-state index in [1.54, 1.807) is 36.4 Å². The van der Waals surface area contributed by atoms with E-state index in [0.29, 0.717) is 16.8 Å². The highest BCUT2D eigenvalue weighted by atomic mass is 16.3. The highest BCUT2D eigenvalue weighted by Crippen LogP contribution is 2.42. The number of para-hydroxylation sites is 1. The van der Waals surface area contributed by atoms with Gasteiger partial charge in [0.15, 0.2) is 11.4 Å². The number of carbonyl (C=O) groups is 2. The summed E-state index contributed by atoms with van der Waals surface area (Å²) in [6.07, 6.45) is 1.33. The van der Waals surface area contributed by atoms with Crippen LogP contribution in [0.25, 0.3) is 0 Å². The fourth-order valence-corrected chi connectivity index (χ4v) is 3.44. The molecule has 2 aromatic rings. The molecule has 0 saturated carbocycles. The van der Waals surface area contributed by atoms with Crippen LogP contribution in [0.2, 0.25) is 0 Å². The number of Topliss-reactive ketones (excluding diaryl/α,β-unsaturated/α-hetero) is 1. The average molecular weight is 335 g/mol. The number of hydrogen-bond acceptors (Lipinski definition) is 3. The van der Waals surface area contributed by atoms with Crippen molar-refractivity contribution in [2.75, 3.05) is 11.4 Å². The van der Waals surface area contributed by atoms with E-state index in [9.17, 15) is 14.7 Å². The lowest BCUT2D eigenvalue weighted by Crippen LogP contribution is -2.42. The van der Waals surface area contributed by atoms with Gasteiger partial charge in [-0.05, 0) is 25.5 Å². The van der Waals surface area contributed by atoms with Crippen molar-refractivity contribution in [3.05, 3.63) is 77.4 Å².